The first kappa shape index (κ1) is 77.5. The lowest BCUT2D eigenvalue weighted by atomic mass is 9.72. The molecule has 28 heteroatoms. The predicted octanol–water partition coefficient (Wildman–Crippen LogP) is 15.2. The highest BCUT2D eigenvalue weighted by Crippen LogP contribution is 2.43. The van der Waals surface area contributed by atoms with E-state index in [1.165, 1.54) is 5.56 Å². The molecule has 3 aliphatic heterocycles. The Hall–Kier alpha value is -7.83. The van der Waals surface area contributed by atoms with Gasteiger partial charge in [0.2, 0.25) is 0 Å². The van der Waals surface area contributed by atoms with Crippen molar-refractivity contribution in [1.82, 2.24) is 75.7 Å². The summed E-state index contributed by atoms with van der Waals surface area (Å²) in [5, 5.41) is 44.0. The molecule has 3 fully saturated rings. The number of nitrogens with one attached hydrogen (secondary N) is 1. The van der Waals surface area contributed by atoms with Gasteiger partial charge in [0, 0.05) is 52.8 Å². The van der Waals surface area contributed by atoms with Crippen LogP contribution in [0.2, 0.25) is 15.1 Å². The highest BCUT2D eigenvalue weighted by molar-refractivity contribution is 6.61. The van der Waals surface area contributed by atoms with Gasteiger partial charge in [-0.25, -0.2) is 28.4 Å². The molecule has 9 aromatic rings. The Labute approximate surface area is 603 Å². The van der Waals surface area contributed by atoms with Crippen molar-refractivity contribution in [3.8, 4) is 0 Å². The van der Waals surface area contributed by atoms with Crippen molar-refractivity contribution in [2.45, 2.75) is 122 Å². The maximum Gasteiger partial charge on any atom is 0.410 e. The summed E-state index contributed by atoms with van der Waals surface area (Å²) in [6, 6.07) is 54.4. The molecule has 0 bridgehead atoms. The number of ether oxygens (including phenoxy) is 3. The van der Waals surface area contributed by atoms with Gasteiger partial charge in [0.15, 0.2) is 17.5 Å². The summed E-state index contributed by atoms with van der Waals surface area (Å²) in [6.07, 6.45) is 4.28. The molecule has 0 spiro atoms. The summed E-state index contributed by atoms with van der Waals surface area (Å²) < 4.78 is 33.6. The Morgan fingerprint density at radius 1 is 0.490 bits per heavy atom. The van der Waals surface area contributed by atoms with Crippen LogP contribution in [0.15, 0.2) is 164 Å². The zero-order valence-corrected chi connectivity index (χ0v) is 59.2. The van der Waals surface area contributed by atoms with Gasteiger partial charge in [-0.05, 0) is 187 Å². The highest BCUT2D eigenvalue weighted by atomic mass is 35.5. The van der Waals surface area contributed by atoms with Gasteiger partial charge in [0.1, 0.15) is 5.60 Å². The van der Waals surface area contributed by atoms with Crippen LogP contribution in [0.25, 0.3) is 0 Å². The van der Waals surface area contributed by atoms with Crippen LogP contribution in [-0.2, 0) is 50.1 Å². The van der Waals surface area contributed by atoms with Gasteiger partial charge in [0.05, 0.1) is 54.4 Å². The van der Waals surface area contributed by atoms with Crippen LogP contribution in [0, 0.1) is 0 Å². The first-order chi connectivity index (χ1) is 47.3. The number of aromatic nitrogens is 12. The largest absolute Gasteiger partial charge is 0.454 e. The standard InChI is InChI=1S/C24H28ClN5O2.C22H24ClN5O2.C19H20ClN5.C3H5ClO2.CH2Cl2.CH4.FH/c1-23(2,3)32-22(31)29-15-13-24(14-16-29,19-7-5-4-6-8-19)21-26-27-28-30(21)17-18-9-11-20(25)12-10-18;1-2-30-21(29)27-14-12-22(13-15-27,18-6-4-3-5-7-18)20-24-25-26-28(20)16-17-8-10-19(23)11-9-17;20-17-8-6-15(7-9-17)14-25-18(22-23-24-25)19(10-12-21-13-11-19)16-4-2-1-3-5-16;1-2-6-3(4)5;2-1-3;;/h4-12H,13-17H2,1-3H3;3-11H,2,12-16H2,1H3;1-9,21H,10-14H2;2H2,1H3;1H2;1H4;1H/i/hT. The third-order valence-electron chi connectivity index (χ3n) is 16.7. The Balaban J connectivity index is 0.000000217. The van der Waals surface area contributed by atoms with E-state index in [2.05, 4.69) is 113 Å². The van der Waals surface area contributed by atoms with Crippen LogP contribution >= 0.6 is 69.6 Å². The Bertz CT molecular complexity index is 3820. The molecule has 0 saturated carbocycles. The third kappa shape index (κ3) is 21.3. The number of halogens is 7. The summed E-state index contributed by atoms with van der Waals surface area (Å²) in [6.45, 7) is 15.9. The average molecular weight is 1470 g/mol. The molecule has 6 aromatic carbocycles. The molecular weight excluding hydrogens is 1380 g/mol. The Kier molecular flexibility index (Phi) is 30.5. The van der Waals surface area contributed by atoms with Crippen LogP contribution in [-0.4, -0.2) is 153 Å². The van der Waals surface area contributed by atoms with Gasteiger partial charge in [-0.3, -0.25) is 4.72 Å². The average Bonchev–Trinajstić information content (AvgIpc) is 1.76. The number of carbonyl (C=O) groups excluding carboxylic acids is 3. The normalized spacial score (nSPS) is 15.0. The van der Waals surface area contributed by atoms with E-state index in [0.717, 1.165) is 89.1 Å². The fourth-order valence-corrected chi connectivity index (χ4v) is 12.6. The number of tetrazole rings is 3. The lowest BCUT2D eigenvalue weighted by Gasteiger charge is -2.41. The number of piperidine rings is 3. The summed E-state index contributed by atoms with van der Waals surface area (Å²) in [5.74, 6) is 2.56. The minimum Gasteiger partial charge on any atom is -0.454 e. The number of likely N-dealkylation sites (tertiary alicyclic amines) is 2. The van der Waals surface area contributed by atoms with E-state index in [9.17, 15) is 14.4 Å². The Morgan fingerprint density at radius 2 is 0.786 bits per heavy atom. The zero-order valence-electron chi connectivity index (χ0n) is 55.7. The summed E-state index contributed by atoms with van der Waals surface area (Å²) in [4.78, 5) is 38.0. The molecule has 3 saturated heterocycles. The van der Waals surface area contributed by atoms with E-state index in [0.29, 0.717) is 81.9 Å². The van der Waals surface area contributed by atoms with Gasteiger partial charge in [0.25, 0.3) is 1.45 Å². The van der Waals surface area contributed by atoms with E-state index in [1.807, 2.05) is 151 Å². The fraction of sp³-hybridized carbons (Fsp3) is 0.400. The first-order valence-corrected chi connectivity index (χ1v) is 34.2. The monoisotopic (exact) mass is 1460 g/mol. The zero-order chi connectivity index (χ0) is 70.6. The lowest BCUT2D eigenvalue weighted by Crippen LogP contribution is -2.48. The fourth-order valence-electron chi connectivity index (χ4n) is 12.1. The number of amides is 2. The number of alkyl halides is 2. The molecule has 0 atom stereocenters. The van der Waals surface area contributed by atoms with E-state index in [4.69, 9.17) is 83.8 Å². The second-order valence-electron chi connectivity index (χ2n) is 23.9. The number of hydrogen-bond donors (Lipinski definition) is 1. The highest BCUT2D eigenvalue weighted by Gasteiger charge is 2.46. The summed E-state index contributed by atoms with van der Waals surface area (Å²) in [5.41, 5.74) is 4.68. The van der Waals surface area contributed by atoms with Gasteiger partial charge in [-0.15, -0.1) is 38.5 Å². The van der Waals surface area contributed by atoms with Crippen LogP contribution in [0.5, 0.6) is 0 Å². The molecule has 0 aliphatic carbocycles. The molecule has 2 amide bonds. The van der Waals surface area contributed by atoms with Crippen molar-refractivity contribution in [3.63, 3.8) is 0 Å². The minimum absolute atomic E-state index is 0. The van der Waals surface area contributed by atoms with Crippen LogP contribution in [0.3, 0.4) is 0 Å². The van der Waals surface area contributed by atoms with E-state index < -0.39 is 16.4 Å². The predicted molar refractivity (Wildman–Crippen MR) is 382 cm³/mol. The second-order valence-corrected chi connectivity index (χ2v) is 26.3. The smallest absolute Gasteiger partial charge is 0.410 e. The van der Waals surface area contributed by atoms with E-state index >= 15 is 0 Å². The summed E-state index contributed by atoms with van der Waals surface area (Å²) >= 11 is 32.3. The molecule has 1 N–H and O–H groups in total. The molecule has 98 heavy (non-hydrogen) atoms. The number of carbonyl (C=O) groups is 3. The van der Waals surface area contributed by atoms with Crippen LogP contribution in [0.4, 0.5) is 19.1 Å². The molecule has 3 aliphatic rings. The molecule has 6 heterocycles. The molecule has 21 nitrogen and oxygen atoms in total. The number of rotatable bonds is 14. The maximum absolute atomic E-state index is 12.6. The number of nitrogens with zero attached hydrogens (tertiary/aromatic N) is 14. The Morgan fingerprint density at radius 3 is 1.06 bits per heavy atom. The SMILES string of the molecule is C.CC(C)(C)OC(=O)N1CCC(c2ccccc2)(c2nnnn2Cc2ccc(Cl)cc2)CC1.CCOC(=O)Cl.CCOC(=O)N1CCC(c2ccccc2)(c2nnnn2Cc2ccc(Cl)cc2)CC1.ClCCl.Clc1ccc(Cn2nnnc2C2(c3ccccc3)CCNCC2)cc1.[3H]F. The van der Waals surface area contributed by atoms with E-state index in [1.54, 1.807) is 16.7 Å². The van der Waals surface area contributed by atoms with Gasteiger partial charge < -0.3 is 29.3 Å². The molecule has 524 valence electrons. The van der Waals surface area contributed by atoms with Crippen molar-refractivity contribution < 1.29 is 33.3 Å². The number of hydrogen-bond acceptors (Lipinski definition) is 16. The lowest BCUT2D eigenvalue weighted by molar-refractivity contribution is 0.0175. The van der Waals surface area contributed by atoms with Crippen LogP contribution < -0.4 is 5.32 Å². The molecule has 3 aromatic heterocycles. The topological polar surface area (TPSA) is 228 Å². The molecular formula is C70H84Cl6FN15O6. The van der Waals surface area contributed by atoms with Gasteiger partial charge >= 0.3 is 17.6 Å². The minimum atomic E-state index is -0.738. The van der Waals surface area contributed by atoms with Crippen molar-refractivity contribution >= 4 is 87.2 Å². The van der Waals surface area contributed by atoms with Crippen molar-refractivity contribution in [2.24, 2.45) is 0 Å². The summed E-state index contributed by atoms with van der Waals surface area (Å²) in [7, 11) is 0. The van der Waals surface area contributed by atoms with Crippen molar-refractivity contribution in [3.05, 3.63) is 230 Å². The maximum atomic E-state index is 12.6. The molecule has 0 radical (unpaired) electrons. The second kappa shape index (κ2) is 38.5. The van der Waals surface area contributed by atoms with Crippen LogP contribution in [0.1, 0.15) is 131 Å². The quantitative estimate of drug-likeness (QED) is 0.0606. The molecule has 0 unspecified atom stereocenters. The van der Waals surface area contributed by atoms with Crippen molar-refractivity contribution in [2.75, 3.05) is 57.8 Å². The van der Waals surface area contributed by atoms with Gasteiger partial charge in [-0.2, -0.15) is 0 Å². The number of benzene rings is 6. The molecule has 12 rings (SSSR count). The third-order valence-corrected chi connectivity index (χ3v) is 17.6. The van der Waals surface area contributed by atoms with Crippen molar-refractivity contribution in [1.29, 1.82) is 1.45 Å². The first-order valence-electron chi connectivity index (χ1n) is 32.0. The van der Waals surface area contributed by atoms with E-state index in [-0.39, 0.29) is 35.8 Å². The van der Waals surface area contributed by atoms with Gasteiger partial charge in [-0.1, -0.05) is 170 Å².